The van der Waals surface area contributed by atoms with Gasteiger partial charge in [-0.05, 0) is 72.7 Å². The molecule has 1 aromatic heterocycles. The summed E-state index contributed by atoms with van der Waals surface area (Å²) in [5, 5.41) is 32.2. The molecule has 10 heteroatoms. The molecule has 1 aliphatic carbocycles. The largest absolute Gasteiger partial charge is 0.512 e. The molecule has 1 saturated carbocycles. The maximum Gasteiger partial charge on any atom is 0.163 e. The minimum Gasteiger partial charge on any atom is -0.512 e. The summed E-state index contributed by atoms with van der Waals surface area (Å²) in [7, 11) is 1.77. The summed E-state index contributed by atoms with van der Waals surface area (Å²) in [5.41, 5.74) is 2.70. The van der Waals surface area contributed by atoms with Gasteiger partial charge in [0, 0.05) is 41.9 Å². The zero-order valence-corrected chi connectivity index (χ0v) is 24.4. The molecule has 212 valence electrons. The number of likely N-dealkylation sites (N-methyl/N-ethyl adjacent to an activating group) is 1. The zero-order chi connectivity index (χ0) is 28.5. The molecule has 1 saturated heterocycles. The third kappa shape index (κ3) is 6.38. The maximum absolute atomic E-state index is 10.5. The molecule has 39 heavy (non-hydrogen) atoms. The predicted octanol–water partition coefficient (Wildman–Crippen LogP) is 4.79. The van der Waals surface area contributed by atoms with E-state index >= 15 is 0 Å². The van der Waals surface area contributed by atoms with E-state index in [4.69, 9.17) is 36.5 Å². The summed E-state index contributed by atoms with van der Waals surface area (Å²) in [5.74, 6) is 1.70. The lowest BCUT2D eigenvalue weighted by Crippen LogP contribution is -2.64. The Kier molecular flexibility index (Phi) is 8.85. The van der Waals surface area contributed by atoms with E-state index < -0.39 is 6.10 Å². The number of hydrogen-bond acceptors (Lipinski definition) is 9. The van der Waals surface area contributed by atoms with Gasteiger partial charge in [0.05, 0.1) is 28.5 Å². The van der Waals surface area contributed by atoms with E-state index in [0.29, 0.717) is 46.1 Å². The second-order valence-electron chi connectivity index (χ2n) is 11.2. The number of allylic oxidation sites excluding steroid dienone is 2. The molecule has 0 radical (unpaired) electrons. The van der Waals surface area contributed by atoms with Crippen molar-refractivity contribution >= 4 is 28.7 Å². The molecular formula is C29H40ClN5O4. The molecule has 4 N–H and O–H groups in total. The highest BCUT2D eigenvalue weighted by molar-refractivity contribution is 6.33. The number of ether oxygens (including phenoxy) is 2. The molecule has 1 aromatic carbocycles. The number of halogens is 1. The standard InChI is InChI=1S/C29H40ClN5O4/c1-16(2)39-22-10-29(11-22)14-35(15-29)28-17(3)26(25(18(4)31)19(5)36)33-27(34-28)23-9-21(7-8-24(23)30)38-13-20(37)12-32-6/h7-9,16,20,22,31-32,36-37H,10-15H2,1-6H3/b25-19+,31-18?/t20-/m1/s1. The topological polar surface area (TPSA) is 124 Å². The first kappa shape index (κ1) is 29.3. The van der Waals surface area contributed by atoms with Gasteiger partial charge < -0.3 is 35.3 Å². The number of rotatable bonds is 11. The van der Waals surface area contributed by atoms with Crippen molar-refractivity contribution in [2.75, 3.05) is 38.2 Å². The number of hydrogen-bond donors (Lipinski definition) is 4. The van der Waals surface area contributed by atoms with Crippen molar-refractivity contribution in [3.05, 3.63) is 40.2 Å². The Morgan fingerprint density at radius 2 is 1.95 bits per heavy atom. The zero-order valence-electron chi connectivity index (χ0n) is 23.6. The predicted molar refractivity (Wildman–Crippen MR) is 155 cm³/mol. The lowest BCUT2D eigenvalue weighted by atomic mass is 9.61. The van der Waals surface area contributed by atoms with E-state index in [1.807, 2.05) is 6.92 Å². The van der Waals surface area contributed by atoms with Crippen molar-refractivity contribution in [1.82, 2.24) is 15.3 Å². The maximum atomic E-state index is 10.5. The van der Waals surface area contributed by atoms with Gasteiger partial charge in [-0.1, -0.05) is 11.6 Å². The van der Waals surface area contributed by atoms with Gasteiger partial charge in [-0.2, -0.15) is 0 Å². The van der Waals surface area contributed by atoms with Crippen molar-refractivity contribution in [1.29, 1.82) is 5.41 Å². The van der Waals surface area contributed by atoms with Crippen LogP contribution >= 0.6 is 11.6 Å². The van der Waals surface area contributed by atoms with Crippen LogP contribution in [0.1, 0.15) is 51.8 Å². The fourth-order valence-corrected chi connectivity index (χ4v) is 5.81. The molecule has 4 rings (SSSR count). The minimum absolute atomic E-state index is 0.0238. The van der Waals surface area contributed by atoms with Crippen molar-refractivity contribution in [3.8, 4) is 17.1 Å². The number of aliphatic hydroxyl groups excluding tert-OH is 2. The number of aliphatic hydroxyl groups is 2. The van der Waals surface area contributed by atoms with E-state index in [2.05, 4.69) is 24.1 Å². The van der Waals surface area contributed by atoms with Gasteiger partial charge in [0.15, 0.2) is 5.82 Å². The average Bonchev–Trinajstić information content (AvgIpc) is 2.80. The Morgan fingerprint density at radius 3 is 2.54 bits per heavy atom. The summed E-state index contributed by atoms with van der Waals surface area (Å²) < 4.78 is 11.8. The minimum atomic E-state index is -0.658. The molecule has 2 aliphatic rings. The molecule has 0 bridgehead atoms. The summed E-state index contributed by atoms with van der Waals surface area (Å²) in [4.78, 5) is 12.0. The Balaban J connectivity index is 1.69. The summed E-state index contributed by atoms with van der Waals surface area (Å²) in [6.07, 6.45) is 1.96. The number of anilines is 1. The second-order valence-corrected chi connectivity index (χ2v) is 11.6. The van der Waals surface area contributed by atoms with E-state index in [1.165, 1.54) is 0 Å². The third-order valence-corrected chi connectivity index (χ3v) is 7.62. The first-order chi connectivity index (χ1) is 18.4. The summed E-state index contributed by atoms with van der Waals surface area (Å²) >= 11 is 6.63. The fourth-order valence-electron chi connectivity index (χ4n) is 5.61. The smallest absolute Gasteiger partial charge is 0.163 e. The Hall–Kier alpha value is -2.72. The molecule has 1 atom stereocenters. The average molecular weight is 558 g/mol. The van der Waals surface area contributed by atoms with Crippen LogP contribution < -0.4 is 15.0 Å². The molecule has 9 nitrogen and oxygen atoms in total. The highest BCUT2D eigenvalue weighted by atomic mass is 35.5. The van der Waals surface area contributed by atoms with Crippen molar-refractivity contribution < 1.29 is 19.7 Å². The van der Waals surface area contributed by atoms with Gasteiger partial charge in [0.25, 0.3) is 0 Å². The van der Waals surface area contributed by atoms with Gasteiger partial charge in [0.2, 0.25) is 0 Å². The van der Waals surface area contributed by atoms with Crippen molar-refractivity contribution in [2.24, 2.45) is 5.41 Å². The van der Waals surface area contributed by atoms with Crippen LogP contribution in [-0.4, -0.2) is 77.5 Å². The summed E-state index contributed by atoms with van der Waals surface area (Å²) in [6, 6.07) is 5.22. The van der Waals surface area contributed by atoms with E-state index in [-0.39, 0.29) is 29.6 Å². The number of benzene rings is 1. The molecular weight excluding hydrogens is 518 g/mol. The van der Waals surface area contributed by atoms with Crippen LogP contribution in [0.3, 0.4) is 0 Å². The van der Waals surface area contributed by atoms with Crippen LogP contribution in [0.5, 0.6) is 5.75 Å². The van der Waals surface area contributed by atoms with Crippen LogP contribution in [0.4, 0.5) is 5.82 Å². The van der Waals surface area contributed by atoms with E-state index in [0.717, 1.165) is 37.3 Å². The van der Waals surface area contributed by atoms with Crippen LogP contribution in [-0.2, 0) is 4.74 Å². The first-order valence-corrected chi connectivity index (χ1v) is 13.8. The fraction of sp³-hybridized carbons (Fsp3) is 0.552. The monoisotopic (exact) mass is 557 g/mol. The van der Waals surface area contributed by atoms with Gasteiger partial charge >= 0.3 is 0 Å². The number of aromatic nitrogens is 2. The van der Waals surface area contributed by atoms with E-state index in [1.54, 1.807) is 39.1 Å². The number of nitrogens with one attached hydrogen (secondary N) is 2. The Bertz CT molecular complexity index is 1250. The van der Waals surface area contributed by atoms with Crippen LogP contribution in [0.15, 0.2) is 24.0 Å². The summed E-state index contributed by atoms with van der Waals surface area (Å²) in [6.45, 7) is 11.5. The Labute approximate surface area is 235 Å². The SMILES string of the molecule is CNC[C@@H](O)COc1ccc(Cl)c(-c2nc(/C(C(C)=N)=C(\C)O)c(C)c(N3CC4(CC(OC(C)C)C4)C3)n2)c1. The lowest BCUT2D eigenvalue weighted by Gasteiger charge is -2.59. The highest BCUT2D eigenvalue weighted by Crippen LogP contribution is 2.51. The number of nitrogens with zero attached hydrogens (tertiary/aromatic N) is 3. The van der Waals surface area contributed by atoms with Gasteiger partial charge in [-0.25, -0.2) is 9.97 Å². The molecule has 1 spiro atoms. The second kappa shape index (κ2) is 11.8. The molecule has 2 aromatic rings. The van der Waals surface area contributed by atoms with Crippen LogP contribution in [0.2, 0.25) is 5.02 Å². The van der Waals surface area contributed by atoms with Crippen molar-refractivity contribution in [3.63, 3.8) is 0 Å². The molecule has 2 fully saturated rings. The normalized spacial score (nSPS) is 18.0. The van der Waals surface area contributed by atoms with Gasteiger partial charge in [-0.3, -0.25) is 0 Å². The van der Waals surface area contributed by atoms with Crippen LogP contribution in [0.25, 0.3) is 17.0 Å². The quantitative estimate of drug-likeness (QED) is 0.230. The van der Waals surface area contributed by atoms with E-state index in [9.17, 15) is 10.2 Å². The molecule has 0 unspecified atom stereocenters. The highest BCUT2D eigenvalue weighted by Gasteiger charge is 2.53. The van der Waals surface area contributed by atoms with Crippen molar-refractivity contribution in [2.45, 2.75) is 65.8 Å². The third-order valence-electron chi connectivity index (χ3n) is 7.29. The van der Waals surface area contributed by atoms with Crippen LogP contribution in [0, 0.1) is 17.7 Å². The lowest BCUT2D eigenvalue weighted by molar-refractivity contribution is -0.114. The molecule has 1 aliphatic heterocycles. The van der Waals surface area contributed by atoms with Gasteiger partial charge in [-0.15, -0.1) is 0 Å². The Morgan fingerprint density at radius 1 is 1.26 bits per heavy atom. The molecule has 0 amide bonds. The molecule has 2 heterocycles. The van der Waals surface area contributed by atoms with Gasteiger partial charge in [0.1, 0.15) is 30.0 Å². The first-order valence-electron chi connectivity index (χ1n) is 13.4.